The van der Waals surface area contributed by atoms with Crippen LogP contribution in [0.4, 0.5) is 11.8 Å². The fourth-order valence-corrected chi connectivity index (χ4v) is 5.78. The SMILES string of the molecule is Cc1cc(N2C[C@H]3CC[C@@H](C2)C3Nc2nc3n(n2)CCC[C@@H]3Oc2cccc(Cl)c2)ncn1. The average Bonchev–Trinajstić information content (AvgIpc) is 3.31. The quantitative estimate of drug-likeness (QED) is 0.602. The fourth-order valence-electron chi connectivity index (χ4n) is 5.60. The van der Waals surface area contributed by atoms with Crippen molar-refractivity contribution in [1.29, 1.82) is 0 Å². The normalized spacial score (nSPS) is 26.2. The first-order chi connectivity index (χ1) is 16.1. The molecule has 4 heterocycles. The number of aromatic nitrogens is 5. The van der Waals surface area contributed by atoms with Crippen LogP contribution in [0.5, 0.6) is 5.75 Å². The Kier molecular flexibility index (Phi) is 5.32. The number of nitrogens with one attached hydrogen (secondary N) is 1. The molecule has 6 rings (SSSR count). The molecule has 33 heavy (non-hydrogen) atoms. The summed E-state index contributed by atoms with van der Waals surface area (Å²) in [5.74, 6) is 4.53. The van der Waals surface area contributed by atoms with Crippen LogP contribution in [0, 0.1) is 18.8 Å². The van der Waals surface area contributed by atoms with Crippen LogP contribution in [0.2, 0.25) is 5.02 Å². The molecule has 0 spiro atoms. The highest BCUT2D eigenvalue weighted by Gasteiger charge is 2.43. The van der Waals surface area contributed by atoms with Gasteiger partial charge in [0.2, 0.25) is 5.95 Å². The molecule has 2 aliphatic heterocycles. The zero-order valence-corrected chi connectivity index (χ0v) is 19.4. The second kappa shape index (κ2) is 8.48. The van der Waals surface area contributed by atoms with Crippen molar-refractivity contribution in [2.75, 3.05) is 23.3 Å². The monoisotopic (exact) mass is 465 g/mol. The number of hydrogen-bond donors (Lipinski definition) is 1. The maximum Gasteiger partial charge on any atom is 0.242 e. The molecule has 2 bridgehead atoms. The van der Waals surface area contributed by atoms with E-state index in [0.29, 0.717) is 22.9 Å². The molecule has 1 aliphatic carbocycles. The molecule has 3 aromatic rings. The molecule has 4 atom stereocenters. The van der Waals surface area contributed by atoms with Crippen molar-refractivity contribution in [2.24, 2.45) is 11.8 Å². The maximum atomic E-state index is 6.24. The molecule has 1 N–H and O–H groups in total. The largest absolute Gasteiger partial charge is 0.482 e. The summed E-state index contributed by atoms with van der Waals surface area (Å²) < 4.78 is 8.24. The van der Waals surface area contributed by atoms with Crippen LogP contribution in [0.15, 0.2) is 36.7 Å². The third kappa shape index (κ3) is 4.12. The molecule has 1 unspecified atom stereocenters. The van der Waals surface area contributed by atoms with E-state index in [2.05, 4.69) is 26.3 Å². The van der Waals surface area contributed by atoms with E-state index in [1.807, 2.05) is 35.9 Å². The smallest absolute Gasteiger partial charge is 0.242 e. The number of hydrogen-bond acceptors (Lipinski definition) is 7. The molecule has 1 saturated carbocycles. The summed E-state index contributed by atoms with van der Waals surface area (Å²) in [7, 11) is 0. The highest BCUT2D eigenvalue weighted by atomic mass is 35.5. The van der Waals surface area contributed by atoms with Gasteiger partial charge in [0.25, 0.3) is 0 Å². The summed E-state index contributed by atoms with van der Waals surface area (Å²) in [5.41, 5.74) is 1.01. The number of piperidine rings is 1. The molecule has 1 aromatic carbocycles. The summed E-state index contributed by atoms with van der Waals surface area (Å²) in [6.45, 7) is 4.89. The van der Waals surface area contributed by atoms with E-state index in [1.54, 1.807) is 6.33 Å². The van der Waals surface area contributed by atoms with Gasteiger partial charge in [0, 0.05) is 42.5 Å². The van der Waals surface area contributed by atoms with Gasteiger partial charge in [-0.25, -0.2) is 14.6 Å². The minimum Gasteiger partial charge on any atom is -0.482 e. The molecular weight excluding hydrogens is 438 g/mol. The highest BCUT2D eigenvalue weighted by Crippen LogP contribution is 2.40. The van der Waals surface area contributed by atoms with Gasteiger partial charge in [-0.2, -0.15) is 4.98 Å². The Bertz CT molecular complexity index is 1140. The molecule has 3 aliphatic rings. The van der Waals surface area contributed by atoms with Crippen LogP contribution >= 0.6 is 11.6 Å². The molecule has 0 amide bonds. The van der Waals surface area contributed by atoms with Gasteiger partial charge in [-0.3, -0.25) is 0 Å². The van der Waals surface area contributed by atoms with Crippen LogP contribution in [0.3, 0.4) is 0 Å². The van der Waals surface area contributed by atoms with Gasteiger partial charge >= 0.3 is 0 Å². The summed E-state index contributed by atoms with van der Waals surface area (Å²) in [6.07, 6.45) is 5.93. The predicted octanol–water partition coefficient (Wildman–Crippen LogP) is 4.27. The summed E-state index contributed by atoms with van der Waals surface area (Å²) >= 11 is 6.13. The van der Waals surface area contributed by atoms with E-state index in [9.17, 15) is 0 Å². The minimum absolute atomic E-state index is 0.111. The summed E-state index contributed by atoms with van der Waals surface area (Å²) in [5, 5.41) is 9.16. The van der Waals surface area contributed by atoms with Crippen LogP contribution in [0.25, 0.3) is 0 Å². The highest BCUT2D eigenvalue weighted by molar-refractivity contribution is 6.30. The third-order valence-electron chi connectivity index (χ3n) is 7.14. The number of nitrogens with zero attached hydrogens (tertiary/aromatic N) is 6. The standard InChI is InChI=1S/C24H28ClN7O/c1-15-10-21(27-14-26-15)31-12-16-7-8-17(13-31)22(16)28-24-29-23-20(6-3-9-32(23)30-24)33-19-5-2-4-18(25)11-19/h2,4-5,10-11,14,16-17,20,22H,3,6-9,12-13H2,1H3,(H,28,30)/t16-,17+,20-,22?/m0/s1. The van der Waals surface area contributed by atoms with Crippen LogP contribution in [-0.4, -0.2) is 43.9 Å². The van der Waals surface area contributed by atoms with Gasteiger partial charge in [-0.1, -0.05) is 17.7 Å². The van der Waals surface area contributed by atoms with Crippen LogP contribution in [0.1, 0.15) is 43.3 Å². The van der Waals surface area contributed by atoms with E-state index < -0.39 is 0 Å². The Morgan fingerprint density at radius 1 is 1.09 bits per heavy atom. The Morgan fingerprint density at radius 3 is 2.73 bits per heavy atom. The Hall–Kier alpha value is -2.87. The zero-order valence-electron chi connectivity index (χ0n) is 18.7. The second-order valence-corrected chi connectivity index (χ2v) is 9.85. The molecule has 8 nitrogen and oxygen atoms in total. The molecule has 9 heteroatoms. The molecule has 0 radical (unpaired) electrons. The number of ether oxygens (including phenoxy) is 1. The van der Waals surface area contributed by atoms with Gasteiger partial charge in [0.15, 0.2) is 11.9 Å². The van der Waals surface area contributed by atoms with Crippen molar-refractivity contribution in [3.05, 3.63) is 53.2 Å². The lowest BCUT2D eigenvalue weighted by atomic mass is 9.92. The topological polar surface area (TPSA) is 81.0 Å². The Morgan fingerprint density at radius 2 is 1.94 bits per heavy atom. The lowest BCUT2D eigenvalue weighted by Crippen LogP contribution is -2.48. The number of fused-ring (bicyclic) bond motifs is 3. The third-order valence-corrected chi connectivity index (χ3v) is 7.38. The summed E-state index contributed by atoms with van der Waals surface area (Å²) in [6, 6.07) is 10.0. The lowest BCUT2D eigenvalue weighted by Gasteiger charge is -2.38. The number of aryl methyl sites for hydroxylation is 2. The number of benzene rings is 1. The minimum atomic E-state index is -0.111. The van der Waals surface area contributed by atoms with Gasteiger partial charge < -0.3 is 15.0 Å². The fraction of sp³-hybridized carbons (Fsp3) is 0.500. The Balaban J connectivity index is 1.17. The van der Waals surface area contributed by atoms with E-state index in [-0.39, 0.29) is 6.10 Å². The van der Waals surface area contributed by atoms with Crippen LogP contribution in [-0.2, 0) is 6.54 Å². The molecular formula is C24H28ClN7O. The van der Waals surface area contributed by atoms with E-state index >= 15 is 0 Å². The van der Waals surface area contributed by atoms with Gasteiger partial charge in [0.1, 0.15) is 17.9 Å². The van der Waals surface area contributed by atoms with E-state index in [0.717, 1.165) is 61.5 Å². The first kappa shape index (κ1) is 20.7. The van der Waals surface area contributed by atoms with Crippen molar-refractivity contribution in [3.8, 4) is 5.75 Å². The van der Waals surface area contributed by atoms with Crippen molar-refractivity contribution in [1.82, 2.24) is 24.7 Å². The lowest BCUT2D eigenvalue weighted by molar-refractivity contribution is 0.155. The van der Waals surface area contributed by atoms with E-state index in [1.165, 1.54) is 12.8 Å². The van der Waals surface area contributed by atoms with Gasteiger partial charge in [-0.05, 0) is 62.6 Å². The van der Waals surface area contributed by atoms with Crippen molar-refractivity contribution < 1.29 is 4.74 Å². The van der Waals surface area contributed by atoms with Gasteiger partial charge in [-0.15, -0.1) is 5.10 Å². The molecule has 2 aromatic heterocycles. The Labute approximate surface area is 198 Å². The first-order valence-electron chi connectivity index (χ1n) is 11.8. The van der Waals surface area contributed by atoms with Crippen molar-refractivity contribution in [2.45, 2.75) is 51.3 Å². The molecule has 1 saturated heterocycles. The molecule has 2 fully saturated rings. The molecule has 172 valence electrons. The average molecular weight is 466 g/mol. The van der Waals surface area contributed by atoms with Crippen molar-refractivity contribution >= 4 is 23.4 Å². The number of halogens is 1. The summed E-state index contributed by atoms with van der Waals surface area (Å²) in [4.78, 5) is 16.0. The van der Waals surface area contributed by atoms with Gasteiger partial charge in [0.05, 0.1) is 0 Å². The second-order valence-electron chi connectivity index (χ2n) is 9.41. The number of rotatable bonds is 5. The van der Waals surface area contributed by atoms with E-state index in [4.69, 9.17) is 26.4 Å². The predicted molar refractivity (Wildman–Crippen MR) is 127 cm³/mol. The number of anilines is 2. The maximum absolute atomic E-state index is 6.24. The van der Waals surface area contributed by atoms with Crippen molar-refractivity contribution in [3.63, 3.8) is 0 Å². The van der Waals surface area contributed by atoms with Crippen LogP contribution < -0.4 is 15.0 Å². The zero-order chi connectivity index (χ0) is 22.4. The first-order valence-corrected chi connectivity index (χ1v) is 12.2.